The van der Waals surface area contributed by atoms with Gasteiger partial charge in [0.2, 0.25) is 0 Å². The van der Waals surface area contributed by atoms with Crippen LogP contribution in [-0.4, -0.2) is 30.3 Å². The standard InChI is InChI=1S/C18H15BrCl2N2O2/c19-14-2-5-16(6-3-14)23-9-12(11-24)8-22(18(23)25)10-13-1-4-15(20)7-17(13)21/h1-7,11-12H,8-10H2. The molecule has 0 spiro atoms. The smallest absolute Gasteiger partial charge is 0.319 e. The zero-order valence-electron chi connectivity index (χ0n) is 13.2. The van der Waals surface area contributed by atoms with Gasteiger partial charge in [-0.3, -0.25) is 4.90 Å². The van der Waals surface area contributed by atoms with Crippen LogP contribution in [0.1, 0.15) is 5.56 Å². The number of anilines is 1. The van der Waals surface area contributed by atoms with E-state index in [-0.39, 0.29) is 11.9 Å². The van der Waals surface area contributed by atoms with Gasteiger partial charge in [-0.1, -0.05) is 45.2 Å². The summed E-state index contributed by atoms with van der Waals surface area (Å²) >= 11 is 15.5. The molecule has 3 rings (SSSR count). The Labute approximate surface area is 164 Å². The maximum absolute atomic E-state index is 12.9. The molecule has 4 nitrogen and oxygen atoms in total. The summed E-state index contributed by atoms with van der Waals surface area (Å²) in [7, 11) is 0. The first kappa shape index (κ1) is 18.2. The van der Waals surface area contributed by atoms with Crippen LogP contribution in [0, 0.1) is 5.92 Å². The van der Waals surface area contributed by atoms with E-state index in [0.29, 0.717) is 29.7 Å². The van der Waals surface area contributed by atoms with E-state index in [1.807, 2.05) is 24.3 Å². The number of amides is 2. The van der Waals surface area contributed by atoms with E-state index >= 15 is 0 Å². The highest BCUT2D eigenvalue weighted by atomic mass is 79.9. The number of aldehydes is 1. The van der Waals surface area contributed by atoms with Gasteiger partial charge < -0.3 is 9.69 Å². The molecule has 1 saturated heterocycles. The van der Waals surface area contributed by atoms with Gasteiger partial charge in [-0.05, 0) is 42.0 Å². The van der Waals surface area contributed by atoms with Crippen LogP contribution in [-0.2, 0) is 11.3 Å². The quantitative estimate of drug-likeness (QED) is 0.625. The summed E-state index contributed by atoms with van der Waals surface area (Å²) in [5, 5.41) is 1.05. The lowest BCUT2D eigenvalue weighted by molar-refractivity contribution is -0.111. The van der Waals surface area contributed by atoms with Crippen molar-refractivity contribution in [2.45, 2.75) is 6.54 Å². The van der Waals surface area contributed by atoms with Crippen LogP contribution in [0.15, 0.2) is 46.9 Å². The van der Waals surface area contributed by atoms with Crippen LogP contribution in [0.25, 0.3) is 0 Å². The number of nitrogens with zero attached hydrogens (tertiary/aromatic N) is 2. The maximum atomic E-state index is 12.9. The van der Waals surface area contributed by atoms with Gasteiger partial charge >= 0.3 is 6.03 Å². The van der Waals surface area contributed by atoms with Gasteiger partial charge in [-0.2, -0.15) is 0 Å². The molecule has 1 unspecified atom stereocenters. The van der Waals surface area contributed by atoms with Crippen molar-refractivity contribution >= 4 is 57.1 Å². The zero-order valence-corrected chi connectivity index (χ0v) is 16.3. The fraction of sp³-hybridized carbons (Fsp3) is 0.222. The minimum Gasteiger partial charge on any atom is -0.319 e. The van der Waals surface area contributed by atoms with Crippen molar-refractivity contribution in [2.24, 2.45) is 5.92 Å². The molecule has 130 valence electrons. The molecule has 25 heavy (non-hydrogen) atoms. The fourth-order valence-corrected chi connectivity index (χ4v) is 3.55. The molecule has 7 heteroatoms. The van der Waals surface area contributed by atoms with Crippen molar-refractivity contribution < 1.29 is 9.59 Å². The topological polar surface area (TPSA) is 40.6 Å². The van der Waals surface area contributed by atoms with Crippen molar-refractivity contribution in [3.05, 3.63) is 62.5 Å². The number of carbonyl (C=O) groups excluding carboxylic acids is 2. The largest absolute Gasteiger partial charge is 0.324 e. The number of urea groups is 1. The van der Waals surface area contributed by atoms with Crippen LogP contribution < -0.4 is 4.90 Å². The Kier molecular flexibility index (Phi) is 5.67. The van der Waals surface area contributed by atoms with Crippen LogP contribution in [0.5, 0.6) is 0 Å². The lowest BCUT2D eigenvalue weighted by atomic mass is 10.1. The molecule has 0 N–H and O–H groups in total. The second kappa shape index (κ2) is 7.77. The first-order valence-electron chi connectivity index (χ1n) is 7.69. The summed E-state index contributed by atoms with van der Waals surface area (Å²) in [6.07, 6.45) is 0.898. The van der Waals surface area contributed by atoms with Crippen molar-refractivity contribution in [2.75, 3.05) is 18.0 Å². The summed E-state index contributed by atoms with van der Waals surface area (Å²) in [5.41, 5.74) is 1.55. The highest BCUT2D eigenvalue weighted by Gasteiger charge is 2.32. The summed E-state index contributed by atoms with van der Waals surface area (Å²) in [5.74, 6) is -0.257. The Morgan fingerprint density at radius 2 is 1.84 bits per heavy atom. The predicted octanol–water partition coefficient (Wildman–Crippen LogP) is 5.01. The lowest BCUT2D eigenvalue weighted by Crippen LogP contribution is -2.53. The van der Waals surface area contributed by atoms with Crippen LogP contribution in [0.3, 0.4) is 0 Å². The Balaban J connectivity index is 1.86. The number of hydrogen-bond acceptors (Lipinski definition) is 2. The van der Waals surface area contributed by atoms with Gasteiger partial charge in [0.15, 0.2) is 0 Å². The SMILES string of the molecule is O=CC1CN(Cc2ccc(Cl)cc2Cl)C(=O)N(c2ccc(Br)cc2)C1. The van der Waals surface area contributed by atoms with Gasteiger partial charge in [0.25, 0.3) is 0 Å². The number of carbonyl (C=O) groups is 2. The Morgan fingerprint density at radius 3 is 2.48 bits per heavy atom. The number of benzene rings is 2. The van der Waals surface area contributed by atoms with E-state index in [1.54, 1.807) is 28.0 Å². The zero-order chi connectivity index (χ0) is 18.0. The average molecular weight is 442 g/mol. The lowest BCUT2D eigenvalue weighted by Gasteiger charge is -2.38. The molecular weight excluding hydrogens is 427 g/mol. The van der Waals surface area contributed by atoms with Crippen LogP contribution >= 0.6 is 39.1 Å². The molecule has 2 aromatic rings. The third kappa shape index (κ3) is 4.17. The van der Waals surface area contributed by atoms with Crippen molar-refractivity contribution in [3.63, 3.8) is 0 Å². The molecule has 1 atom stereocenters. The van der Waals surface area contributed by atoms with Gasteiger partial charge in [-0.25, -0.2) is 4.79 Å². The monoisotopic (exact) mass is 440 g/mol. The summed E-state index contributed by atoms with van der Waals surface area (Å²) in [6, 6.07) is 12.5. The van der Waals surface area contributed by atoms with Crippen LogP contribution in [0.4, 0.5) is 10.5 Å². The van der Waals surface area contributed by atoms with E-state index in [4.69, 9.17) is 23.2 Å². The first-order valence-corrected chi connectivity index (χ1v) is 9.24. The van der Waals surface area contributed by atoms with E-state index in [0.717, 1.165) is 22.0 Å². The first-order chi connectivity index (χ1) is 12.0. The third-order valence-corrected chi connectivity index (χ3v) is 5.20. The normalized spacial score (nSPS) is 17.7. The van der Waals surface area contributed by atoms with Crippen molar-refractivity contribution in [3.8, 4) is 0 Å². The van der Waals surface area contributed by atoms with E-state index in [1.165, 1.54) is 0 Å². The maximum Gasteiger partial charge on any atom is 0.324 e. The highest BCUT2D eigenvalue weighted by Crippen LogP contribution is 2.27. The second-order valence-electron chi connectivity index (χ2n) is 5.88. The Hall–Kier alpha value is -1.56. The molecule has 2 aromatic carbocycles. The molecule has 0 aliphatic carbocycles. The molecule has 0 saturated carbocycles. The van der Waals surface area contributed by atoms with Gasteiger partial charge in [-0.15, -0.1) is 0 Å². The fourth-order valence-electron chi connectivity index (χ4n) is 2.81. The summed E-state index contributed by atoms with van der Waals surface area (Å²) in [4.78, 5) is 27.6. The average Bonchev–Trinajstić information content (AvgIpc) is 2.60. The molecule has 1 aliphatic rings. The highest BCUT2D eigenvalue weighted by molar-refractivity contribution is 9.10. The van der Waals surface area contributed by atoms with Gasteiger partial charge in [0.1, 0.15) is 6.29 Å². The van der Waals surface area contributed by atoms with Crippen molar-refractivity contribution in [1.29, 1.82) is 0 Å². The predicted molar refractivity (Wildman–Crippen MR) is 103 cm³/mol. The van der Waals surface area contributed by atoms with Crippen LogP contribution in [0.2, 0.25) is 10.0 Å². The molecule has 1 heterocycles. The number of halogens is 3. The minimum atomic E-state index is -0.257. The van der Waals surface area contributed by atoms with E-state index in [2.05, 4.69) is 15.9 Å². The number of rotatable bonds is 4. The number of hydrogen-bond donors (Lipinski definition) is 0. The molecular formula is C18H15BrCl2N2O2. The second-order valence-corrected chi connectivity index (χ2v) is 7.64. The van der Waals surface area contributed by atoms with Gasteiger partial charge in [0, 0.05) is 39.8 Å². The summed E-state index contributed by atoms with van der Waals surface area (Å²) < 4.78 is 0.928. The molecule has 0 aromatic heterocycles. The van der Waals surface area contributed by atoms with Crippen molar-refractivity contribution in [1.82, 2.24) is 4.90 Å². The Morgan fingerprint density at radius 1 is 1.12 bits per heavy atom. The Bertz CT molecular complexity index is 798. The third-order valence-electron chi connectivity index (χ3n) is 4.08. The molecule has 2 amide bonds. The molecule has 0 radical (unpaired) electrons. The molecule has 0 bridgehead atoms. The van der Waals surface area contributed by atoms with Gasteiger partial charge in [0.05, 0.1) is 5.92 Å². The molecule has 1 fully saturated rings. The van der Waals surface area contributed by atoms with E-state index in [9.17, 15) is 9.59 Å². The minimum absolute atomic E-state index is 0.147. The van der Waals surface area contributed by atoms with E-state index < -0.39 is 0 Å². The molecule has 1 aliphatic heterocycles. The summed E-state index contributed by atoms with van der Waals surface area (Å²) in [6.45, 7) is 1.06.